The lowest BCUT2D eigenvalue weighted by Crippen LogP contribution is -2.41. The summed E-state index contributed by atoms with van der Waals surface area (Å²) in [5, 5.41) is 11.8. The summed E-state index contributed by atoms with van der Waals surface area (Å²) in [5.74, 6) is -0.893. The second kappa shape index (κ2) is 7.35. The largest absolute Gasteiger partial charge is 0.399 e. The van der Waals surface area contributed by atoms with Crippen molar-refractivity contribution in [2.45, 2.75) is 18.6 Å². The number of nitrogens with two attached hydrogens (primary N) is 1. The summed E-state index contributed by atoms with van der Waals surface area (Å²) in [7, 11) is 0. The summed E-state index contributed by atoms with van der Waals surface area (Å²) >= 11 is 6.14. The normalized spacial score (nSPS) is 18.0. The summed E-state index contributed by atoms with van der Waals surface area (Å²) in [6.45, 7) is 0.284. The molecule has 0 saturated carbocycles. The first-order chi connectivity index (χ1) is 13.9. The number of hydrogen-bond donors (Lipinski definition) is 2. The van der Waals surface area contributed by atoms with Gasteiger partial charge in [0.15, 0.2) is 11.4 Å². The molecule has 29 heavy (non-hydrogen) atoms. The highest BCUT2D eigenvalue weighted by molar-refractivity contribution is 6.31. The van der Waals surface area contributed by atoms with Gasteiger partial charge in [-0.3, -0.25) is 9.59 Å². The second-order valence-corrected chi connectivity index (χ2v) is 7.56. The summed E-state index contributed by atoms with van der Waals surface area (Å²) in [6.07, 6.45) is -0.381. The zero-order chi connectivity index (χ0) is 20.6. The van der Waals surface area contributed by atoms with E-state index in [2.05, 4.69) is 0 Å². The quantitative estimate of drug-likeness (QED) is 0.496. The number of carbonyl (C=O) groups is 2. The molecule has 0 aliphatic carbocycles. The van der Waals surface area contributed by atoms with Gasteiger partial charge in [-0.05, 0) is 48.0 Å². The Morgan fingerprint density at radius 3 is 2.41 bits per heavy atom. The van der Waals surface area contributed by atoms with Gasteiger partial charge in [-0.2, -0.15) is 0 Å². The van der Waals surface area contributed by atoms with E-state index >= 15 is 0 Å². The van der Waals surface area contributed by atoms with Crippen LogP contribution in [0.5, 0.6) is 0 Å². The SMILES string of the molecule is Nc1ccc(C(=O)C[C@]2(O)C(=O)N(Cc3ccccc3)c3ccc(Cl)cc32)cc1. The molecular weight excluding hydrogens is 388 g/mol. The molecule has 0 saturated heterocycles. The number of amides is 1. The number of Topliss-reactive ketones (excluding diaryl/α,β-unsaturated/α-hetero) is 1. The van der Waals surface area contributed by atoms with Crippen LogP contribution < -0.4 is 10.6 Å². The van der Waals surface area contributed by atoms with Crippen molar-refractivity contribution in [2.75, 3.05) is 10.6 Å². The van der Waals surface area contributed by atoms with Crippen molar-refractivity contribution in [3.05, 3.63) is 94.5 Å². The van der Waals surface area contributed by atoms with Crippen LogP contribution in [-0.2, 0) is 16.9 Å². The molecular formula is C23H19ClN2O3. The Balaban J connectivity index is 1.71. The summed E-state index contributed by atoms with van der Waals surface area (Å²) in [6, 6.07) is 20.8. The molecule has 1 heterocycles. The van der Waals surface area contributed by atoms with Crippen LogP contribution in [0, 0.1) is 0 Å². The van der Waals surface area contributed by atoms with Gasteiger partial charge in [0.25, 0.3) is 5.91 Å². The van der Waals surface area contributed by atoms with Gasteiger partial charge in [0.2, 0.25) is 0 Å². The fourth-order valence-electron chi connectivity index (χ4n) is 3.62. The maximum atomic E-state index is 13.3. The van der Waals surface area contributed by atoms with Gasteiger partial charge in [0, 0.05) is 21.8 Å². The summed E-state index contributed by atoms with van der Waals surface area (Å²) in [4.78, 5) is 27.6. The molecule has 3 aromatic carbocycles. The first kappa shape index (κ1) is 19.2. The van der Waals surface area contributed by atoms with E-state index in [4.69, 9.17) is 17.3 Å². The van der Waals surface area contributed by atoms with Gasteiger partial charge < -0.3 is 15.7 Å². The van der Waals surface area contributed by atoms with E-state index in [-0.39, 0.29) is 18.7 Å². The Labute approximate surface area is 173 Å². The topological polar surface area (TPSA) is 83.6 Å². The molecule has 4 rings (SSSR count). The van der Waals surface area contributed by atoms with E-state index in [9.17, 15) is 14.7 Å². The third kappa shape index (κ3) is 3.50. The van der Waals surface area contributed by atoms with Gasteiger partial charge in [-0.15, -0.1) is 0 Å². The highest BCUT2D eigenvalue weighted by Crippen LogP contribution is 2.44. The number of ketones is 1. The number of fused-ring (bicyclic) bond motifs is 1. The molecule has 3 N–H and O–H groups in total. The van der Waals surface area contributed by atoms with Crippen molar-refractivity contribution >= 4 is 34.7 Å². The molecule has 1 aliphatic rings. The summed E-state index contributed by atoms with van der Waals surface area (Å²) < 4.78 is 0. The highest BCUT2D eigenvalue weighted by Gasteiger charge is 2.51. The Morgan fingerprint density at radius 1 is 1.03 bits per heavy atom. The highest BCUT2D eigenvalue weighted by atomic mass is 35.5. The molecule has 1 aliphatic heterocycles. The number of nitrogens with zero attached hydrogens (tertiary/aromatic N) is 1. The zero-order valence-electron chi connectivity index (χ0n) is 15.5. The van der Waals surface area contributed by atoms with Gasteiger partial charge in [-0.25, -0.2) is 0 Å². The van der Waals surface area contributed by atoms with E-state index in [0.29, 0.717) is 27.5 Å². The van der Waals surface area contributed by atoms with Crippen LogP contribution in [0.25, 0.3) is 0 Å². The standard InChI is InChI=1S/C23H19ClN2O3/c24-17-8-11-20-19(12-17)23(29,13-21(27)16-6-9-18(25)10-7-16)22(28)26(20)14-15-4-2-1-3-5-15/h1-12,29H,13-14,25H2/t23-/m1/s1. The van der Waals surface area contributed by atoms with Gasteiger partial charge in [-0.1, -0.05) is 41.9 Å². The maximum Gasteiger partial charge on any atom is 0.264 e. The minimum atomic E-state index is -1.98. The number of hydrogen-bond acceptors (Lipinski definition) is 4. The molecule has 0 fully saturated rings. The first-order valence-corrected chi connectivity index (χ1v) is 9.53. The zero-order valence-corrected chi connectivity index (χ0v) is 16.3. The number of benzene rings is 3. The number of anilines is 2. The number of halogens is 1. The van der Waals surface area contributed by atoms with Crippen LogP contribution in [-0.4, -0.2) is 16.8 Å². The minimum Gasteiger partial charge on any atom is -0.399 e. The molecule has 3 aromatic rings. The molecule has 0 spiro atoms. The molecule has 0 radical (unpaired) electrons. The molecule has 0 unspecified atom stereocenters. The van der Waals surface area contributed by atoms with E-state index in [1.807, 2.05) is 30.3 Å². The maximum absolute atomic E-state index is 13.3. The van der Waals surface area contributed by atoms with E-state index in [1.54, 1.807) is 42.5 Å². The van der Waals surface area contributed by atoms with Crippen molar-refractivity contribution < 1.29 is 14.7 Å². The monoisotopic (exact) mass is 406 g/mol. The van der Waals surface area contributed by atoms with Crippen molar-refractivity contribution in [1.29, 1.82) is 0 Å². The molecule has 1 amide bonds. The predicted octanol–water partition coefficient (Wildman–Crippen LogP) is 3.93. The van der Waals surface area contributed by atoms with Gasteiger partial charge in [0.05, 0.1) is 18.7 Å². The van der Waals surface area contributed by atoms with E-state index < -0.39 is 11.5 Å². The third-order valence-electron chi connectivity index (χ3n) is 5.13. The van der Waals surface area contributed by atoms with Crippen LogP contribution in [0.1, 0.15) is 27.9 Å². The number of rotatable bonds is 5. The number of carbonyl (C=O) groups excluding carboxylic acids is 2. The van der Waals surface area contributed by atoms with Crippen molar-refractivity contribution in [3.8, 4) is 0 Å². The summed E-state index contributed by atoms with van der Waals surface area (Å²) in [5.41, 5.74) is 6.41. The minimum absolute atomic E-state index is 0.284. The van der Waals surface area contributed by atoms with E-state index in [0.717, 1.165) is 5.56 Å². The molecule has 0 bridgehead atoms. The predicted molar refractivity (Wildman–Crippen MR) is 113 cm³/mol. The Bertz CT molecular complexity index is 1080. The Morgan fingerprint density at radius 2 is 1.72 bits per heavy atom. The smallest absolute Gasteiger partial charge is 0.264 e. The third-order valence-corrected chi connectivity index (χ3v) is 5.36. The molecule has 5 nitrogen and oxygen atoms in total. The lowest BCUT2D eigenvalue weighted by atomic mass is 9.88. The van der Waals surface area contributed by atoms with Crippen molar-refractivity contribution in [3.63, 3.8) is 0 Å². The number of nitrogen functional groups attached to an aromatic ring is 1. The fraction of sp³-hybridized carbons (Fsp3) is 0.130. The average molecular weight is 407 g/mol. The molecule has 6 heteroatoms. The van der Waals surface area contributed by atoms with Crippen LogP contribution >= 0.6 is 11.6 Å². The van der Waals surface area contributed by atoms with Crippen molar-refractivity contribution in [1.82, 2.24) is 0 Å². The Kier molecular flexibility index (Phi) is 4.86. The van der Waals surface area contributed by atoms with Crippen molar-refractivity contribution in [2.24, 2.45) is 0 Å². The van der Waals surface area contributed by atoms with Crippen LogP contribution in [0.15, 0.2) is 72.8 Å². The second-order valence-electron chi connectivity index (χ2n) is 7.12. The molecule has 146 valence electrons. The molecule has 1 atom stereocenters. The Hall–Kier alpha value is -3.15. The molecule has 0 aromatic heterocycles. The average Bonchev–Trinajstić information content (AvgIpc) is 2.91. The number of aliphatic hydroxyl groups is 1. The first-order valence-electron chi connectivity index (χ1n) is 9.15. The van der Waals surface area contributed by atoms with Gasteiger partial charge >= 0.3 is 0 Å². The lowest BCUT2D eigenvalue weighted by molar-refractivity contribution is -0.136. The lowest BCUT2D eigenvalue weighted by Gasteiger charge is -2.23. The van der Waals surface area contributed by atoms with Gasteiger partial charge in [0.1, 0.15) is 0 Å². The van der Waals surface area contributed by atoms with Crippen LogP contribution in [0.4, 0.5) is 11.4 Å². The van der Waals surface area contributed by atoms with E-state index in [1.165, 1.54) is 4.90 Å². The fourth-order valence-corrected chi connectivity index (χ4v) is 3.79. The van der Waals surface area contributed by atoms with Crippen LogP contribution in [0.3, 0.4) is 0 Å². The van der Waals surface area contributed by atoms with Crippen LogP contribution in [0.2, 0.25) is 5.02 Å².